The van der Waals surface area contributed by atoms with E-state index in [9.17, 15) is 9.59 Å². The topological polar surface area (TPSA) is 55.7 Å². The van der Waals surface area contributed by atoms with E-state index in [2.05, 4.69) is 4.99 Å². The van der Waals surface area contributed by atoms with Gasteiger partial charge in [0.15, 0.2) is 0 Å². The molecule has 0 bridgehead atoms. The smallest absolute Gasteiger partial charge is 0.338 e. The molecule has 4 heteroatoms. The monoisotopic (exact) mass is 205 g/mol. The highest BCUT2D eigenvalue weighted by molar-refractivity contribution is 5.90. The van der Waals surface area contributed by atoms with E-state index in [1.807, 2.05) is 0 Å². The number of benzene rings is 1. The summed E-state index contributed by atoms with van der Waals surface area (Å²) in [5.74, 6) is -0.373. The van der Waals surface area contributed by atoms with Crippen LogP contribution in [0.2, 0.25) is 0 Å². The van der Waals surface area contributed by atoms with Crippen molar-refractivity contribution in [3.05, 3.63) is 29.3 Å². The summed E-state index contributed by atoms with van der Waals surface area (Å²) in [5.41, 5.74) is 1.71. The summed E-state index contributed by atoms with van der Waals surface area (Å²) < 4.78 is 4.84. The van der Waals surface area contributed by atoms with E-state index < -0.39 is 0 Å². The molecular formula is C11H11NO3. The number of esters is 1. The van der Waals surface area contributed by atoms with Gasteiger partial charge in [0.1, 0.15) is 0 Å². The number of carbonyl (C=O) groups excluding carboxylic acids is 2. The molecular weight excluding hydrogens is 194 g/mol. The fourth-order valence-corrected chi connectivity index (χ4v) is 1.17. The molecule has 0 saturated heterocycles. The Morgan fingerprint density at radius 2 is 2.27 bits per heavy atom. The predicted molar refractivity (Wildman–Crippen MR) is 54.9 cm³/mol. The number of ether oxygens (including phenoxy) is 1. The van der Waals surface area contributed by atoms with Gasteiger partial charge in [-0.15, -0.1) is 0 Å². The normalized spacial score (nSPS) is 9.20. The molecule has 0 aromatic heterocycles. The minimum Gasteiger partial charge on any atom is -0.462 e. The molecule has 0 radical (unpaired) electrons. The number of hydrogen-bond acceptors (Lipinski definition) is 4. The molecule has 0 fully saturated rings. The Morgan fingerprint density at radius 1 is 1.53 bits per heavy atom. The summed E-state index contributed by atoms with van der Waals surface area (Å²) >= 11 is 0. The zero-order valence-electron chi connectivity index (χ0n) is 8.61. The molecule has 0 N–H and O–H groups in total. The third-order valence-corrected chi connectivity index (χ3v) is 1.87. The van der Waals surface area contributed by atoms with Crippen LogP contribution in [0.15, 0.2) is 23.2 Å². The molecule has 1 aromatic carbocycles. The van der Waals surface area contributed by atoms with Crippen molar-refractivity contribution in [1.29, 1.82) is 0 Å². The highest BCUT2D eigenvalue weighted by Crippen LogP contribution is 2.19. The van der Waals surface area contributed by atoms with Gasteiger partial charge in [0, 0.05) is 0 Å². The van der Waals surface area contributed by atoms with Gasteiger partial charge < -0.3 is 4.74 Å². The van der Waals surface area contributed by atoms with Crippen LogP contribution in [-0.2, 0) is 9.53 Å². The molecule has 0 heterocycles. The average molecular weight is 205 g/mol. The second-order valence-corrected chi connectivity index (χ2v) is 2.92. The Kier molecular flexibility index (Phi) is 3.77. The standard InChI is InChI=1S/C11H11NO3/c1-3-15-11(14)9-4-5-10(12-7-13)8(2)6-9/h4-6H,3H2,1-2H3. The molecule has 1 aromatic rings. The zero-order chi connectivity index (χ0) is 11.3. The summed E-state index contributed by atoms with van der Waals surface area (Å²) in [6.45, 7) is 3.85. The maximum atomic E-state index is 11.3. The SMILES string of the molecule is CCOC(=O)c1ccc(N=C=O)c(C)c1. The molecule has 78 valence electrons. The van der Waals surface area contributed by atoms with Gasteiger partial charge in [-0.1, -0.05) is 0 Å². The van der Waals surface area contributed by atoms with Crippen molar-refractivity contribution >= 4 is 17.7 Å². The van der Waals surface area contributed by atoms with Crippen molar-refractivity contribution in [3.8, 4) is 0 Å². The second kappa shape index (κ2) is 5.08. The molecule has 0 aliphatic carbocycles. The van der Waals surface area contributed by atoms with Crippen molar-refractivity contribution in [2.75, 3.05) is 6.61 Å². The largest absolute Gasteiger partial charge is 0.462 e. The van der Waals surface area contributed by atoms with Crippen LogP contribution in [0, 0.1) is 6.92 Å². The van der Waals surface area contributed by atoms with Crippen LogP contribution in [0.1, 0.15) is 22.8 Å². The molecule has 1 rings (SSSR count). The van der Waals surface area contributed by atoms with Gasteiger partial charge in [-0.2, -0.15) is 4.99 Å². The molecule has 0 atom stereocenters. The van der Waals surface area contributed by atoms with Crippen molar-refractivity contribution < 1.29 is 14.3 Å². The van der Waals surface area contributed by atoms with Gasteiger partial charge in [0.2, 0.25) is 6.08 Å². The maximum absolute atomic E-state index is 11.3. The number of aryl methyl sites for hydroxylation is 1. The summed E-state index contributed by atoms with van der Waals surface area (Å²) in [6, 6.07) is 4.79. The highest BCUT2D eigenvalue weighted by atomic mass is 16.5. The number of hydrogen-bond donors (Lipinski definition) is 0. The Hall–Kier alpha value is -1.93. The molecule has 0 aliphatic rings. The van der Waals surface area contributed by atoms with E-state index in [4.69, 9.17) is 4.74 Å². The van der Waals surface area contributed by atoms with Gasteiger partial charge in [-0.05, 0) is 37.6 Å². The Labute approximate surface area is 87.6 Å². The number of rotatable bonds is 3. The van der Waals surface area contributed by atoms with Crippen molar-refractivity contribution in [2.24, 2.45) is 4.99 Å². The Bertz CT molecular complexity index is 420. The molecule has 0 amide bonds. The molecule has 0 unspecified atom stereocenters. The lowest BCUT2D eigenvalue weighted by Crippen LogP contribution is -2.04. The van der Waals surface area contributed by atoms with Crippen LogP contribution in [0.25, 0.3) is 0 Å². The molecule has 0 aliphatic heterocycles. The van der Waals surface area contributed by atoms with Crippen LogP contribution in [0.4, 0.5) is 5.69 Å². The lowest BCUT2D eigenvalue weighted by molar-refractivity contribution is 0.0526. The Morgan fingerprint density at radius 3 is 2.80 bits per heavy atom. The van der Waals surface area contributed by atoms with E-state index in [-0.39, 0.29) is 5.97 Å². The molecule has 0 spiro atoms. The molecule has 4 nitrogen and oxygen atoms in total. The third-order valence-electron chi connectivity index (χ3n) is 1.87. The number of nitrogens with zero attached hydrogens (tertiary/aromatic N) is 1. The van der Waals surface area contributed by atoms with Crippen molar-refractivity contribution in [3.63, 3.8) is 0 Å². The second-order valence-electron chi connectivity index (χ2n) is 2.92. The summed E-state index contributed by atoms with van der Waals surface area (Å²) in [4.78, 5) is 24.9. The first-order chi connectivity index (χ1) is 7.19. The zero-order valence-corrected chi connectivity index (χ0v) is 8.61. The fraction of sp³-hybridized carbons (Fsp3) is 0.273. The van der Waals surface area contributed by atoms with E-state index in [1.165, 1.54) is 6.08 Å². The van der Waals surface area contributed by atoms with E-state index in [1.54, 1.807) is 32.0 Å². The molecule has 0 saturated carbocycles. The lowest BCUT2D eigenvalue weighted by Gasteiger charge is -2.03. The number of aliphatic imine (C=N–C) groups is 1. The van der Waals surface area contributed by atoms with Gasteiger partial charge in [-0.3, -0.25) is 0 Å². The van der Waals surface area contributed by atoms with Gasteiger partial charge in [0.05, 0.1) is 17.9 Å². The first-order valence-electron chi connectivity index (χ1n) is 4.54. The minimum absolute atomic E-state index is 0.339. The Balaban J connectivity index is 3.00. The van der Waals surface area contributed by atoms with Crippen LogP contribution in [0.3, 0.4) is 0 Å². The van der Waals surface area contributed by atoms with Gasteiger partial charge in [0.25, 0.3) is 0 Å². The third kappa shape index (κ3) is 2.76. The predicted octanol–water partition coefficient (Wildman–Crippen LogP) is 2.14. The van der Waals surface area contributed by atoms with Crippen molar-refractivity contribution in [1.82, 2.24) is 0 Å². The summed E-state index contributed by atoms with van der Waals surface area (Å²) in [5, 5.41) is 0. The first-order valence-corrected chi connectivity index (χ1v) is 4.54. The fourth-order valence-electron chi connectivity index (χ4n) is 1.17. The molecule has 15 heavy (non-hydrogen) atoms. The lowest BCUT2D eigenvalue weighted by atomic mass is 10.1. The van der Waals surface area contributed by atoms with Crippen LogP contribution < -0.4 is 0 Å². The van der Waals surface area contributed by atoms with E-state index in [0.717, 1.165) is 5.56 Å². The van der Waals surface area contributed by atoms with Crippen LogP contribution >= 0.6 is 0 Å². The first kappa shape index (κ1) is 11.1. The van der Waals surface area contributed by atoms with Gasteiger partial charge >= 0.3 is 5.97 Å². The number of isocyanates is 1. The van der Waals surface area contributed by atoms with Crippen LogP contribution in [0.5, 0.6) is 0 Å². The van der Waals surface area contributed by atoms with Crippen LogP contribution in [-0.4, -0.2) is 18.7 Å². The summed E-state index contributed by atoms with van der Waals surface area (Å²) in [6.07, 6.45) is 1.46. The van der Waals surface area contributed by atoms with Crippen molar-refractivity contribution in [2.45, 2.75) is 13.8 Å². The summed E-state index contributed by atoms with van der Waals surface area (Å²) in [7, 11) is 0. The highest BCUT2D eigenvalue weighted by Gasteiger charge is 2.07. The average Bonchev–Trinajstić information content (AvgIpc) is 2.21. The van der Waals surface area contributed by atoms with E-state index in [0.29, 0.717) is 17.9 Å². The van der Waals surface area contributed by atoms with E-state index >= 15 is 0 Å². The quantitative estimate of drug-likeness (QED) is 0.431. The minimum atomic E-state index is -0.373. The number of carbonyl (C=O) groups is 1. The maximum Gasteiger partial charge on any atom is 0.338 e. The van der Waals surface area contributed by atoms with Gasteiger partial charge in [-0.25, -0.2) is 9.59 Å².